The number of hydrogen-bond donors (Lipinski definition) is 1. The van der Waals surface area contributed by atoms with Gasteiger partial charge in [0.1, 0.15) is 0 Å². The highest BCUT2D eigenvalue weighted by Crippen LogP contribution is 2.07. The second kappa shape index (κ2) is 5.76. The maximum absolute atomic E-state index is 5.44. The van der Waals surface area contributed by atoms with Crippen LogP contribution in [0.4, 0.5) is 0 Å². The summed E-state index contributed by atoms with van der Waals surface area (Å²) >= 11 is 0. The standard InChI is InChI=1S/C12H19N/c1-2-11-6-8-12(9-7-11)5-3-4-10-13/h6-9H,2-5,10,13H2,1H3. The van der Waals surface area contributed by atoms with Gasteiger partial charge in [0.05, 0.1) is 0 Å². The van der Waals surface area contributed by atoms with Gasteiger partial charge in [-0.1, -0.05) is 31.2 Å². The molecule has 0 amide bonds. The van der Waals surface area contributed by atoms with Gasteiger partial charge in [0, 0.05) is 0 Å². The number of hydrogen-bond acceptors (Lipinski definition) is 1. The third-order valence-electron chi connectivity index (χ3n) is 2.35. The Morgan fingerprint density at radius 3 is 2.15 bits per heavy atom. The Kier molecular flexibility index (Phi) is 4.55. The Balaban J connectivity index is 2.40. The predicted molar refractivity (Wildman–Crippen MR) is 57.8 cm³/mol. The molecule has 0 aliphatic carbocycles. The van der Waals surface area contributed by atoms with E-state index in [9.17, 15) is 0 Å². The number of unbranched alkanes of at least 4 members (excludes halogenated alkanes) is 1. The highest BCUT2D eigenvalue weighted by atomic mass is 14.5. The largest absolute Gasteiger partial charge is 0.330 e. The molecule has 0 saturated carbocycles. The molecule has 13 heavy (non-hydrogen) atoms. The Hall–Kier alpha value is -0.820. The summed E-state index contributed by atoms with van der Waals surface area (Å²) in [7, 11) is 0. The van der Waals surface area contributed by atoms with Crippen molar-refractivity contribution in [2.24, 2.45) is 5.73 Å². The summed E-state index contributed by atoms with van der Waals surface area (Å²) in [6.45, 7) is 3.00. The van der Waals surface area contributed by atoms with Crippen LogP contribution in [-0.2, 0) is 12.8 Å². The van der Waals surface area contributed by atoms with Crippen LogP contribution >= 0.6 is 0 Å². The van der Waals surface area contributed by atoms with Gasteiger partial charge in [0.2, 0.25) is 0 Å². The van der Waals surface area contributed by atoms with E-state index in [1.165, 1.54) is 24.0 Å². The third-order valence-corrected chi connectivity index (χ3v) is 2.35. The van der Waals surface area contributed by atoms with E-state index < -0.39 is 0 Å². The van der Waals surface area contributed by atoms with Crippen molar-refractivity contribution >= 4 is 0 Å². The molecule has 1 nitrogen and oxygen atoms in total. The molecule has 0 aliphatic rings. The predicted octanol–water partition coefficient (Wildman–Crippen LogP) is 2.53. The first-order valence-corrected chi connectivity index (χ1v) is 5.14. The fourth-order valence-corrected chi connectivity index (χ4v) is 1.42. The highest BCUT2D eigenvalue weighted by molar-refractivity contribution is 5.22. The molecule has 1 aromatic rings. The number of benzene rings is 1. The van der Waals surface area contributed by atoms with Crippen LogP contribution in [0.2, 0.25) is 0 Å². The van der Waals surface area contributed by atoms with Crippen LogP contribution in [0.15, 0.2) is 24.3 Å². The molecule has 1 heteroatoms. The summed E-state index contributed by atoms with van der Waals surface area (Å²) in [5, 5.41) is 0. The molecule has 0 spiro atoms. The van der Waals surface area contributed by atoms with Crippen molar-refractivity contribution in [3.8, 4) is 0 Å². The van der Waals surface area contributed by atoms with Crippen LogP contribution in [0.3, 0.4) is 0 Å². The smallest absolute Gasteiger partial charge is 0.00772 e. The molecule has 0 unspecified atom stereocenters. The van der Waals surface area contributed by atoms with Crippen molar-refractivity contribution in [1.82, 2.24) is 0 Å². The fourth-order valence-electron chi connectivity index (χ4n) is 1.42. The minimum Gasteiger partial charge on any atom is -0.330 e. The Bertz CT molecular complexity index is 225. The van der Waals surface area contributed by atoms with Gasteiger partial charge >= 0.3 is 0 Å². The van der Waals surface area contributed by atoms with Gasteiger partial charge in [0.25, 0.3) is 0 Å². The monoisotopic (exact) mass is 177 g/mol. The summed E-state index contributed by atoms with van der Waals surface area (Å²) in [5.74, 6) is 0. The molecule has 0 atom stereocenters. The summed E-state index contributed by atoms with van der Waals surface area (Å²) in [5.41, 5.74) is 8.29. The molecule has 0 radical (unpaired) electrons. The van der Waals surface area contributed by atoms with E-state index in [2.05, 4.69) is 31.2 Å². The lowest BCUT2D eigenvalue weighted by Crippen LogP contribution is -1.98. The molecule has 0 bridgehead atoms. The molecule has 1 rings (SSSR count). The first-order chi connectivity index (χ1) is 6.36. The van der Waals surface area contributed by atoms with Gasteiger partial charge < -0.3 is 5.73 Å². The number of rotatable bonds is 5. The van der Waals surface area contributed by atoms with Crippen molar-refractivity contribution < 1.29 is 0 Å². The van der Waals surface area contributed by atoms with Crippen LogP contribution in [0, 0.1) is 0 Å². The number of aryl methyl sites for hydroxylation is 2. The summed E-state index contributed by atoms with van der Waals surface area (Å²) < 4.78 is 0. The number of nitrogens with two attached hydrogens (primary N) is 1. The molecular weight excluding hydrogens is 158 g/mol. The van der Waals surface area contributed by atoms with E-state index in [0.29, 0.717) is 0 Å². The highest BCUT2D eigenvalue weighted by Gasteiger charge is 1.93. The second-order valence-corrected chi connectivity index (χ2v) is 3.42. The van der Waals surface area contributed by atoms with Gasteiger partial charge in [-0.2, -0.15) is 0 Å². The van der Waals surface area contributed by atoms with Gasteiger partial charge in [-0.15, -0.1) is 0 Å². The maximum atomic E-state index is 5.44. The second-order valence-electron chi connectivity index (χ2n) is 3.42. The van der Waals surface area contributed by atoms with Crippen LogP contribution in [0.25, 0.3) is 0 Å². The van der Waals surface area contributed by atoms with Gasteiger partial charge in [-0.3, -0.25) is 0 Å². The van der Waals surface area contributed by atoms with Gasteiger partial charge in [0.15, 0.2) is 0 Å². The minimum absolute atomic E-state index is 0.813. The van der Waals surface area contributed by atoms with Crippen LogP contribution < -0.4 is 5.73 Å². The van der Waals surface area contributed by atoms with E-state index in [1.54, 1.807) is 0 Å². The van der Waals surface area contributed by atoms with E-state index >= 15 is 0 Å². The topological polar surface area (TPSA) is 26.0 Å². The van der Waals surface area contributed by atoms with Crippen LogP contribution in [0.1, 0.15) is 30.9 Å². The lowest BCUT2D eigenvalue weighted by Gasteiger charge is -2.01. The van der Waals surface area contributed by atoms with E-state index in [1.807, 2.05) is 0 Å². The van der Waals surface area contributed by atoms with Crippen LogP contribution in [-0.4, -0.2) is 6.54 Å². The van der Waals surface area contributed by atoms with E-state index in [0.717, 1.165) is 19.4 Å². The molecular formula is C12H19N. The SMILES string of the molecule is CCc1ccc(CCCCN)cc1. The molecule has 0 heterocycles. The molecule has 0 aliphatic heterocycles. The van der Waals surface area contributed by atoms with E-state index in [-0.39, 0.29) is 0 Å². The average Bonchev–Trinajstić information content (AvgIpc) is 2.19. The average molecular weight is 177 g/mol. The minimum atomic E-state index is 0.813. The molecule has 0 fully saturated rings. The normalized spacial score (nSPS) is 10.3. The summed E-state index contributed by atoms with van der Waals surface area (Å²) in [6, 6.07) is 8.90. The Morgan fingerprint density at radius 1 is 1.00 bits per heavy atom. The van der Waals surface area contributed by atoms with Crippen molar-refractivity contribution in [2.75, 3.05) is 6.54 Å². The zero-order valence-corrected chi connectivity index (χ0v) is 8.42. The lowest BCUT2D eigenvalue weighted by molar-refractivity contribution is 0.744. The zero-order valence-electron chi connectivity index (χ0n) is 8.42. The lowest BCUT2D eigenvalue weighted by atomic mass is 10.1. The van der Waals surface area contributed by atoms with Crippen LogP contribution in [0.5, 0.6) is 0 Å². The summed E-state index contributed by atoms with van der Waals surface area (Å²) in [4.78, 5) is 0. The van der Waals surface area contributed by atoms with Gasteiger partial charge in [-0.25, -0.2) is 0 Å². The first kappa shape index (κ1) is 10.3. The molecule has 2 N–H and O–H groups in total. The first-order valence-electron chi connectivity index (χ1n) is 5.14. The van der Waals surface area contributed by atoms with Crippen molar-refractivity contribution in [3.05, 3.63) is 35.4 Å². The molecule has 0 saturated heterocycles. The van der Waals surface area contributed by atoms with Crippen molar-refractivity contribution in [3.63, 3.8) is 0 Å². The maximum Gasteiger partial charge on any atom is -0.00772 e. The Morgan fingerprint density at radius 2 is 1.62 bits per heavy atom. The quantitative estimate of drug-likeness (QED) is 0.687. The summed E-state index contributed by atoms with van der Waals surface area (Å²) in [6.07, 6.45) is 4.64. The van der Waals surface area contributed by atoms with Crippen molar-refractivity contribution in [2.45, 2.75) is 32.6 Å². The zero-order chi connectivity index (χ0) is 9.52. The van der Waals surface area contributed by atoms with E-state index in [4.69, 9.17) is 5.73 Å². The molecule has 72 valence electrons. The van der Waals surface area contributed by atoms with Gasteiger partial charge in [-0.05, 0) is 43.4 Å². The fraction of sp³-hybridized carbons (Fsp3) is 0.500. The Labute approximate surface area is 81.0 Å². The third kappa shape index (κ3) is 3.60. The molecule has 1 aromatic carbocycles. The van der Waals surface area contributed by atoms with Crippen molar-refractivity contribution in [1.29, 1.82) is 0 Å². The molecule has 0 aromatic heterocycles.